The highest BCUT2D eigenvalue weighted by Gasteiger charge is 2.28. The molecule has 5 rings (SSSR count). The molecule has 0 aliphatic heterocycles. The number of benzene rings is 4. The number of carbonyl (C=O) groups excluding carboxylic acids is 2. The maximum atomic E-state index is 14.6. The van der Waals surface area contributed by atoms with Crippen LogP contribution in [0.25, 0.3) is 27.6 Å². The molecule has 0 radical (unpaired) electrons. The van der Waals surface area contributed by atoms with Gasteiger partial charge in [-0.1, -0.05) is 18.2 Å². The number of rotatable bonds is 11. The molecule has 1 heterocycles. The molecule has 0 bridgehead atoms. The Bertz CT molecular complexity index is 2160. The van der Waals surface area contributed by atoms with Crippen LogP contribution < -0.4 is 34.6 Å². The lowest BCUT2D eigenvalue weighted by molar-refractivity contribution is 0.0589. The summed E-state index contributed by atoms with van der Waals surface area (Å²) in [6.45, 7) is 5.07. The Labute approximate surface area is 299 Å². The molecular weight excluding hydrogens is 675 g/mol. The molecule has 52 heavy (non-hydrogen) atoms. The smallest absolute Gasteiger partial charge is 0.412 e. The predicted molar refractivity (Wildman–Crippen MR) is 193 cm³/mol. The van der Waals surface area contributed by atoms with E-state index in [1.54, 1.807) is 81.4 Å². The molecular formula is C39H39FN2O10. The fourth-order valence-electron chi connectivity index (χ4n) is 5.62. The van der Waals surface area contributed by atoms with Gasteiger partial charge in [-0.2, -0.15) is 0 Å². The minimum absolute atomic E-state index is 0.122. The van der Waals surface area contributed by atoms with Gasteiger partial charge in [0, 0.05) is 27.9 Å². The highest BCUT2D eigenvalue weighted by Crippen LogP contribution is 2.45. The number of fused-ring (bicyclic) bond motifs is 1. The summed E-state index contributed by atoms with van der Waals surface area (Å²) in [6.07, 6.45) is -0.667. The van der Waals surface area contributed by atoms with E-state index >= 15 is 0 Å². The largest absolute Gasteiger partial charge is 0.493 e. The van der Waals surface area contributed by atoms with E-state index in [0.717, 1.165) is 0 Å². The quantitative estimate of drug-likeness (QED) is 0.137. The number of nitrogens with one attached hydrogen (secondary N) is 1. The third-order valence-corrected chi connectivity index (χ3v) is 7.91. The SMILES string of the molecule is COC(=O)c1c(-c2cc(OC)c(OC)c(OC)c2)c2cc(OC)c(OCc3ccccc3F)cc2c(=O)n1-c1ccc(NC(=O)OC(C)(C)C)cc1. The van der Waals surface area contributed by atoms with Gasteiger partial charge in [0.2, 0.25) is 5.75 Å². The molecule has 0 aliphatic carbocycles. The first-order valence-electron chi connectivity index (χ1n) is 16.0. The summed E-state index contributed by atoms with van der Waals surface area (Å²) in [5, 5.41) is 3.08. The zero-order chi connectivity index (χ0) is 37.7. The van der Waals surface area contributed by atoms with Crippen molar-refractivity contribution in [2.24, 2.45) is 0 Å². The fraction of sp³-hybridized carbons (Fsp3) is 0.256. The summed E-state index contributed by atoms with van der Waals surface area (Å²) >= 11 is 0. The zero-order valence-electron chi connectivity index (χ0n) is 30.0. The van der Waals surface area contributed by atoms with Gasteiger partial charge >= 0.3 is 12.1 Å². The molecule has 0 unspecified atom stereocenters. The molecule has 0 atom stereocenters. The second kappa shape index (κ2) is 15.3. The number of aromatic nitrogens is 1. The minimum Gasteiger partial charge on any atom is -0.493 e. The lowest BCUT2D eigenvalue weighted by atomic mass is 9.95. The van der Waals surface area contributed by atoms with E-state index in [9.17, 15) is 18.8 Å². The van der Waals surface area contributed by atoms with Crippen molar-refractivity contribution >= 4 is 28.5 Å². The Hall–Kier alpha value is -6.24. The van der Waals surface area contributed by atoms with E-state index in [1.807, 2.05) is 0 Å². The molecule has 1 amide bonds. The highest BCUT2D eigenvalue weighted by molar-refractivity contribution is 6.08. The summed E-state index contributed by atoms with van der Waals surface area (Å²) in [5.74, 6) is -0.0518. The van der Waals surface area contributed by atoms with Gasteiger partial charge in [-0.05, 0) is 80.9 Å². The molecule has 1 N–H and O–H groups in total. The van der Waals surface area contributed by atoms with Crippen molar-refractivity contribution in [3.63, 3.8) is 0 Å². The molecule has 0 aliphatic rings. The Balaban J connectivity index is 1.82. The maximum Gasteiger partial charge on any atom is 0.412 e. The summed E-state index contributed by atoms with van der Waals surface area (Å²) in [5.41, 5.74) is 0.129. The van der Waals surface area contributed by atoms with Crippen LogP contribution in [0.15, 0.2) is 77.6 Å². The van der Waals surface area contributed by atoms with Gasteiger partial charge in [-0.15, -0.1) is 0 Å². The Morgan fingerprint density at radius 3 is 1.94 bits per heavy atom. The second-order valence-electron chi connectivity index (χ2n) is 12.4. The number of ether oxygens (including phenoxy) is 7. The Morgan fingerprint density at radius 2 is 1.38 bits per heavy atom. The van der Waals surface area contributed by atoms with Crippen LogP contribution in [0.4, 0.5) is 14.9 Å². The van der Waals surface area contributed by atoms with E-state index in [4.69, 9.17) is 33.2 Å². The van der Waals surface area contributed by atoms with Crippen molar-refractivity contribution in [3.05, 3.63) is 100 Å². The van der Waals surface area contributed by atoms with E-state index in [-0.39, 0.29) is 51.9 Å². The lowest BCUT2D eigenvalue weighted by Crippen LogP contribution is -2.27. The summed E-state index contributed by atoms with van der Waals surface area (Å²) in [7, 11) is 7.00. The van der Waals surface area contributed by atoms with Crippen LogP contribution in [0.1, 0.15) is 36.8 Å². The van der Waals surface area contributed by atoms with E-state index in [0.29, 0.717) is 28.0 Å². The van der Waals surface area contributed by atoms with Gasteiger partial charge in [0.25, 0.3) is 5.56 Å². The van der Waals surface area contributed by atoms with E-state index in [1.165, 1.54) is 52.2 Å². The number of hydrogen-bond donors (Lipinski definition) is 1. The van der Waals surface area contributed by atoms with Crippen molar-refractivity contribution < 1.29 is 47.1 Å². The van der Waals surface area contributed by atoms with Crippen LogP contribution in [0.5, 0.6) is 28.7 Å². The van der Waals surface area contributed by atoms with Gasteiger partial charge in [0.1, 0.15) is 23.7 Å². The van der Waals surface area contributed by atoms with Crippen molar-refractivity contribution in [2.75, 3.05) is 40.9 Å². The van der Waals surface area contributed by atoms with Crippen LogP contribution in [0.2, 0.25) is 0 Å². The first-order chi connectivity index (χ1) is 24.8. The highest BCUT2D eigenvalue weighted by atomic mass is 19.1. The number of methoxy groups -OCH3 is 5. The van der Waals surface area contributed by atoms with E-state index < -0.39 is 29.0 Å². The average molecular weight is 715 g/mol. The molecule has 0 saturated carbocycles. The average Bonchev–Trinajstić information content (AvgIpc) is 3.12. The molecule has 5 aromatic rings. The van der Waals surface area contributed by atoms with Gasteiger partial charge in [-0.25, -0.2) is 14.0 Å². The first-order valence-corrected chi connectivity index (χ1v) is 16.0. The normalized spacial score (nSPS) is 11.1. The van der Waals surface area contributed by atoms with E-state index in [2.05, 4.69) is 5.32 Å². The lowest BCUT2D eigenvalue weighted by Gasteiger charge is -2.22. The number of nitrogens with zero attached hydrogens (tertiary/aromatic N) is 1. The van der Waals surface area contributed by atoms with Crippen LogP contribution in [-0.2, 0) is 16.1 Å². The number of anilines is 1. The number of pyridine rings is 1. The second-order valence-corrected chi connectivity index (χ2v) is 12.4. The molecule has 0 saturated heterocycles. The Morgan fingerprint density at radius 1 is 0.769 bits per heavy atom. The standard InChI is InChI=1S/C39H39FN2O10/c1-39(2,3)52-38(45)41-24-13-15-25(16-14-24)42-34(37(44)50-8)33(23-17-31(47-5)35(49-7)32(18-23)48-6)26-19-29(46-4)30(20-27(26)36(42)43)51-21-22-11-9-10-12-28(22)40/h9-20H,21H2,1-8H3,(H,41,45). The number of halogens is 1. The number of amides is 1. The van der Waals surface area contributed by atoms with Gasteiger partial charge in [0.15, 0.2) is 23.0 Å². The van der Waals surface area contributed by atoms with Gasteiger partial charge in [0.05, 0.1) is 40.9 Å². The van der Waals surface area contributed by atoms with Crippen molar-refractivity contribution in [3.8, 4) is 45.6 Å². The molecule has 13 heteroatoms. The van der Waals surface area contributed by atoms with Crippen molar-refractivity contribution in [1.29, 1.82) is 0 Å². The predicted octanol–water partition coefficient (Wildman–Crippen LogP) is 7.54. The van der Waals surface area contributed by atoms with Crippen LogP contribution in [0.3, 0.4) is 0 Å². The molecule has 272 valence electrons. The van der Waals surface area contributed by atoms with Crippen molar-refractivity contribution in [1.82, 2.24) is 4.57 Å². The van der Waals surface area contributed by atoms with Crippen molar-refractivity contribution in [2.45, 2.75) is 33.0 Å². The third kappa shape index (κ3) is 7.58. The minimum atomic E-state index is -0.836. The molecule has 4 aromatic carbocycles. The third-order valence-electron chi connectivity index (χ3n) is 7.91. The monoisotopic (exact) mass is 714 g/mol. The molecule has 0 spiro atoms. The van der Waals surface area contributed by atoms with Gasteiger partial charge in [-0.3, -0.25) is 14.7 Å². The molecule has 1 aromatic heterocycles. The summed E-state index contributed by atoms with van der Waals surface area (Å²) in [4.78, 5) is 40.9. The fourth-order valence-corrected chi connectivity index (χ4v) is 5.62. The van der Waals surface area contributed by atoms with Crippen LogP contribution in [-0.4, -0.2) is 57.8 Å². The molecule has 0 fully saturated rings. The first kappa shape index (κ1) is 37.0. The summed E-state index contributed by atoms with van der Waals surface area (Å²) in [6, 6.07) is 18.7. The number of esters is 1. The van der Waals surface area contributed by atoms with Crippen LogP contribution in [0, 0.1) is 5.82 Å². The number of carbonyl (C=O) groups is 2. The topological polar surface area (TPSA) is 133 Å². The zero-order valence-corrected chi connectivity index (χ0v) is 30.0. The Kier molecular flexibility index (Phi) is 10.9. The number of hydrogen-bond acceptors (Lipinski definition) is 10. The maximum absolute atomic E-state index is 14.6. The molecule has 12 nitrogen and oxygen atoms in total. The van der Waals surface area contributed by atoms with Gasteiger partial charge < -0.3 is 33.2 Å². The van der Waals surface area contributed by atoms with Crippen LogP contribution >= 0.6 is 0 Å². The summed E-state index contributed by atoms with van der Waals surface area (Å²) < 4.78 is 54.9.